The van der Waals surface area contributed by atoms with Crippen molar-refractivity contribution < 1.29 is 38.3 Å². The Kier molecular flexibility index (Phi) is 5.81. The molecule has 0 saturated heterocycles. The maximum absolute atomic E-state index is 10.6. The van der Waals surface area contributed by atoms with Gasteiger partial charge in [-0.05, 0) is 23.2 Å². The smallest absolute Gasteiger partial charge is 0.768 e. The molecule has 1 atom stereocenters. The summed E-state index contributed by atoms with van der Waals surface area (Å²) in [6.07, 6.45) is 0. The van der Waals surface area contributed by atoms with Crippen LogP contribution in [0.2, 0.25) is 5.02 Å². The molecule has 1 rings (SSSR count). The number of rotatable bonds is 1. The molecule has 1 aromatic carbocycles. The van der Waals surface area contributed by atoms with Gasteiger partial charge in [0.15, 0.2) is 0 Å². The van der Waals surface area contributed by atoms with Gasteiger partial charge in [0.05, 0.1) is 15.5 Å². The Bertz CT molecular complexity index is 377. The fourth-order valence-electron chi connectivity index (χ4n) is 0.766. The van der Waals surface area contributed by atoms with Crippen molar-refractivity contribution in [1.29, 1.82) is 5.26 Å². The Morgan fingerprint density at radius 3 is 2.54 bits per heavy atom. The molecule has 0 aliphatic carbocycles. The number of halogens is 1. The number of nitriles is 1. The first kappa shape index (κ1) is 13.1. The number of benzene rings is 1. The van der Waals surface area contributed by atoms with E-state index < -0.39 is 11.1 Å². The van der Waals surface area contributed by atoms with Gasteiger partial charge in [0, 0.05) is 0 Å². The largest absolute Gasteiger partial charge is 1.00 e. The van der Waals surface area contributed by atoms with Gasteiger partial charge in [-0.1, -0.05) is 17.7 Å². The van der Waals surface area contributed by atoms with Crippen molar-refractivity contribution in [2.75, 3.05) is 0 Å². The van der Waals surface area contributed by atoms with Gasteiger partial charge in [0.1, 0.15) is 6.07 Å². The van der Waals surface area contributed by atoms with Gasteiger partial charge in [-0.25, -0.2) is 0 Å². The van der Waals surface area contributed by atoms with E-state index in [0.717, 1.165) is 0 Å². The molecule has 0 bridgehead atoms. The van der Waals surface area contributed by atoms with Gasteiger partial charge in [-0.3, -0.25) is 4.21 Å². The van der Waals surface area contributed by atoms with Crippen molar-refractivity contribution in [3.05, 3.63) is 28.8 Å². The van der Waals surface area contributed by atoms with Crippen molar-refractivity contribution in [3.63, 3.8) is 0 Å². The molecule has 0 radical (unpaired) electrons. The molecule has 0 fully saturated rings. The standard InChI is InChI=1S/C7H4ClNO2S.Na/c8-6-3-1-2-5(4-9)7(6)12(10)11;/h1-3H,(H,10,11);/q;+1/p-1. The van der Waals surface area contributed by atoms with E-state index in [1.165, 1.54) is 18.2 Å². The SMILES string of the molecule is N#Cc1cccc(Cl)c1S(=O)[O-].[Na+]. The van der Waals surface area contributed by atoms with Crippen LogP contribution in [0.4, 0.5) is 0 Å². The molecule has 0 spiro atoms. The summed E-state index contributed by atoms with van der Waals surface area (Å²) in [6, 6.07) is 6.09. The number of nitrogens with zero attached hydrogens (tertiary/aromatic N) is 1. The van der Waals surface area contributed by atoms with Crippen LogP contribution in [-0.2, 0) is 11.1 Å². The minimum Gasteiger partial charge on any atom is -0.768 e. The van der Waals surface area contributed by atoms with Crippen molar-refractivity contribution in [1.82, 2.24) is 0 Å². The zero-order valence-electron chi connectivity index (χ0n) is 6.78. The molecule has 0 N–H and O–H groups in total. The van der Waals surface area contributed by atoms with Crippen LogP contribution in [0.1, 0.15) is 5.56 Å². The van der Waals surface area contributed by atoms with E-state index in [-0.39, 0.29) is 45.0 Å². The van der Waals surface area contributed by atoms with Gasteiger partial charge in [0.25, 0.3) is 0 Å². The second-order valence-corrected chi connectivity index (χ2v) is 3.25. The Labute approximate surface area is 105 Å². The first-order valence-corrected chi connectivity index (χ1v) is 4.40. The number of hydrogen-bond donors (Lipinski definition) is 0. The third-order valence-corrected chi connectivity index (χ3v) is 2.45. The Morgan fingerprint density at radius 1 is 1.54 bits per heavy atom. The zero-order chi connectivity index (χ0) is 9.14. The maximum atomic E-state index is 10.6. The van der Waals surface area contributed by atoms with E-state index in [2.05, 4.69) is 0 Å². The van der Waals surface area contributed by atoms with Crippen LogP contribution >= 0.6 is 11.6 Å². The molecule has 0 heterocycles. The molecule has 62 valence electrons. The van der Waals surface area contributed by atoms with E-state index in [4.69, 9.17) is 16.9 Å². The predicted molar refractivity (Wildman–Crippen MR) is 43.4 cm³/mol. The fourth-order valence-corrected chi connectivity index (χ4v) is 1.65. The first-order valence-electron chi connectivity index (χ1n) is 2.94. The molecule has 0 aliphatic rings. The van der Waals surface area contributed by atoms with E-state index in [9.17, 15) is 8.76 Å². The summed E-state index contributed by atoms with van der Waals surface area (Å²) in [7, 11) is 0. The van der Waals surface area contributed by atoms with E-state index >= 15 is 0 Å². The molecular weight excluding hydrogens is 221 g/mol. The van der Waals surface area contributed by atoms with Crippen molar-refractivity contribution in [2.24, 2.45) is 0 Å². The molecule has 0 amide bonds. The van der Waals surface area contributed by atoms with Crippen molar-refractivity contribution >= 4 is 22.7 Å². The maximum Gasteiger partial charge on any atom is 1.00 e. The average molecular weight is 224 g/mol. The van der Waals surface area contributed by atoms with Crippen molar-refractivity contribution in [2.45, 2.75) is 4.90 Å². The third-order valence-electron chi connectivity index (χ3n) is 1.25. The van der Waals surface area contributed by atoms with Gasteiger partial charge >= 0.3 is 29.6 Å². The molecule has 13 heavy (non-hydrogen) atoms. The summed E-state index contributed by atoms with van der Waals surface area (Å²) in [5.74, 6) is 0. The van der Waals surface area contributed by atoms with Crippen LogP contribution in [0.25, 0.3) is 0 Å². The second-order valence-electron chi connectivity index (χ2n) is 1.96. The van der Waals surface area contributed by atoms with E-state index in [1.807, 2.05) is 0 Å². The van der Waals surface area contributed by atoms with Crippen LogP contribution in [0.3, 0.4) is 0 Å². The molecule has 1 aromatic rings. The summed E-state index contributed by atoms with van der Waals surface area (Å²) < 4.78 is 21.1. The molecular formula is C7H3ClNNaO2S. The van der Waals surface area contributed by atoms with Crippen LogP contribution < -0.4 is 29.6 Å². The molecule has 3 nitrogen and oxygen atoms in total. The van der Waals surface area contributed by atoms with Crippen molar-refractivity contribution in [3.8, 4) is 6.07 Å². The van der Waals surface area contributed by atoms with Crippen LogP contribution in [-0.4, -0.2) is 8.76 Å². The van der Waals surface area contributed by atoms with Crippen LogP contribution in [0.15, 0.2) is 23.1 Å². The van der Waals surface area contributed by atoms with Gasteiger partial charge in [0.2, 0.25) is 0 Å². The minimum absolute atomic E-state index is 0. The third kappa shape index (κ3) is 3.06. The number of hydrogen-bond acceptors (Lipinski definition) is 3. The van der Waals surface area contributed by atoms with Gasteiger partial charge in [-0.15, -0.1) is 0 Å². The van der Waals surface area contributed by atoms with Crippen LogP contribution in [0.5, 0.6) is 0 Å². The molecule has 6 heteroatoms. The summed E-state index contributed by atoms with van der Waals surface area (Å²) in [4.78, 5) is -0.137. The Morgan fingerprint density at radius 2 is 2.15 bits per heavy atom. The summed E-state index contributed by atoms with van der Waals surface area (Å²) in [5.41, 5.74) is 0.0656. The normalized spacial score (nSPS) is 11.2. The quantitative estimate of drug-likeness (QED) is 0.428. The van der Waals surface area contributed by atoms with Gasteiger partial charge in [-0.2, -0.15) is 5.26 Å². The Hall–Kier alpha value is 0.110. The summed E-state index contributed by atoms with van der Waals surface area (Å²) in [6.45, 7) is 0. The summed E-state index contributed by atoms with van der Waals surface area (Å²) in [5, 5.41) is 8.58. The Balaban J connectivity index is 0.00000144. The molecule has 1 unspecified atom stereocenters. The second kappa shape index (κ2) is 5.76. The summed E-state index contributed by atoms with van der Waals surface area (Å²) >= 11 is 3.10. The van der Waals surface area contributed by atoms with E-state index in [1.54, 1.807) is 6.07 Å². The topological polar surface area (TPSA) is 63.9 Å². The first-order chi connectivity index (χ1) is 5.66. The molecule has 0 aliphatic heterocycles. The fraction of sp³-hybridized carbons (Fsp3) is 0. The van der Waals surface area contributed by atoms with E-state index in [0.29, 0.717) is 0 Å². The predicted octanol–water partition coefficient (Wildman–Crippen LogP) is -1.55. The zero-order valence-corrected chi connectivity index (χ0v) is 10.4. The van der Waals surface area contributed by atoms with Crippen LogP contribution in [0, 0.1) is 11.3 Å². The monoisotopic (exact) mass is 223 g/mol. The minimum atomic E-state index is -2.46. The molecule has 0 aromatic heterocycles. The average Bonchev–Trinajstić information content (AvgIpc) is 2.03. The molecule has 0 saturated carbocycles. The van der Waals surface area contributed by atoms with Gasteiger partial charge < -0.3 is 4.55 Å².